The fraction of sp³-hybridized carbons (Fsp3) is 0.385. The highest BCUT2D eigenvalue weighted by atomic mass is 35.5. The van der Waals surface area contributed by atoms with Gasteiger partial charge in [0.05, 0.1) is 30.5 Å². The van der Waals surface area contributed by atoms with Crippen LogP contribution in [-0.4, -0.2) is 44.7 Å². The number of benzene rings is 1. The van der Waals surface area contributed by atoms with Crippen molar-refractivity contribution in [1.29, 1.82) is 0 Å². The highest BCUT2D eigenvalue weighted by Gasteiger charge is 2.27. The number of rotatable bonds is 6. The molecule has 5 rings (SSSR count). The number of halogens is 3. The lowest BCUT2D eigenvalue weighted by Gasteiger charge is -2.26. The number of nitrogens with one attached hydrogen (secondary N) is 1. The SMILES string of the molecule is COc1ccc(F)c(Cl)c1[C@H](CF)c1c[nH]c2ncc(-c3cnn(C4CCC(O)CC4)c3C)cc12. The second kappa shape index (κ2) is 9.59. The minimum Gasteiger partial charge on any atom is -0.496 e. The highest BCUT2D eigenvalue weighted by molar-refractivity contribution is 6.31. The first-order valence-corrected chi connectivity index (χ1v) is 12.1. The normalized spacial score (nSPS) is 19.3. The number of hydrogen-bond acceptors (Lipinski definition) is 4. The Kier molecular flexibility index (Phi) is 6.51. The Balaban J connectivity index is 1.56. The minimum atomic E-state index is -0.837. The van der Waals surface area contributed by atoms with Gasteiger partial charge in [-0.3, -0.25) is 9.07 Å². The van der Waals surface area contributed by atoms with E-state index in [2.05, 4.69) is 15.1 Å². The zero-order valence-electron chi connectivity index (χ0n) is 19.6. The fourth-order valence-electron chi connectivity index (χ4n) is 5.20. The van der Waals surface area contributed by atoms with Crippen molar-refractivity contribution in [2.75, 3.05) is 13.8 Å². The molecule has 2 N–H and O–H groups in total. The van der Waals surface area contributed by atoms with E-state index in [1.54, 1.807) is 12.4 Å². The number of aromatic nitrogens is 4. The molecule has 1 aliphatic rings. The predicted octanol–water partition coefficient (Wildman–Crippen LogP) is 6.11. The van der Waals surface area contributed by atoms with Gasteiger partial charge in [0.25, 0.3) is 0 Å². The summed E-state index contributed by atoms with van der Waals surface area (Å²) in [5.41, 5.74) is 4.30. The third-order valence-corrected chi connectivity index (χ3v) is 7.51. The monoisotopic (exact) mass is 500 g/mol. The molecule has 0 spiro atoms. The Hall–Kier alpha value is -2.97. The van der Waals surface area contributed by atoms with Crippen LogP contribution in [0.15, 0.2) is 36.8 Å². The molecule has 35 heavy (non-hydrogen) atoms. The van der Waals surface area contributed by atoms with Gasteiger partial charge in [-0.25, -0.2) is 9.37 Å². The Morgan fingerprint density at radius 1 is 1.26 bits per heavy atom. The van der Waals surface area contributed by atoms with Crippen molar-refractivity contribution in [2.45, 2.75) is 50.7 Å². The second-order valence-corrected chi connectivity index (χ2v) is 9.48. The van der Waals surface area contributed by atoms with Crippen molar-refractivity contribution in [3.63, 3.8) is 0 Å². The van der Waals surface area contributed by atoms with E-state index in [0.717, 1.165) is 47.9 Å². The van der Waals surface area contributed by atoms with E-state index in [1.807, 2.05) is 23.9 Å². The summed E-state index contributed by atoms with van der Waals surface area (Å²) >= 11 is 6.28. The Bertz CT molecular complexity index is 1360. The maximum atomic E-state index is 14.5. The number of aliphatic hydroxyl groups excluding tert-OH is 1. The highest BCUT2D eigenvalue weighted by Crippen LogP contribution is 2.42. The maximum absolute atomic E-state index is 14.5. The quantitative estimate of drug-likeness (QED) is 0.335. The summed E-state index contributed by atoms with van der Waals surface area (Å²) in [4.78, 5) is 7.66. The van der Waals surface area contributed by atoms with E-state index >= 15 is 0 Å². The standard InChI is InChI=1S/C26H27ClF2N4O2/c1-14-20(13-32-33(14)16-3-5-17(34)6-4-16)15-9-18-21(12-31-26(18)30-11-15)19(10-28)24-23(35-2)8-7-22(29)25(24)27/h7-9,11-13,16-17,19,34H,3-6,10H2,1-2H3,(H,30,31)/t16?,17?,19-/m1/s1. The number of alkyl halides is 1. The van der Waals surface area contributed by atoms with Gasteiger partial charge in [-0.05, 0) is 56.4 Å². The summed E-state index contributed by atoms with van der Waals surface area (Å²) in [5, 5.41) is 15.0. The van der Waals surface area contributed by atoms with Gasteiger partial charge in [-0.15, -0.1) is 0 Å². The molecule has 184 valence electrons. The molecule has 4 aromatic rings. The smallest absolute Gasteiger partial charge is 0.142 e. The molecule has 3 heterocycles. The Morgan fingerprint density at radius 3 is 2.74 bits per heavy atom. The molecular formula is C26H27ClF2N4O2. The van der Waals surface area contributed by atoms with Gasteiger partial charge >= 0.3 is 0 Å². The van der Waals surface area contributed by atoms with Crippen LogP contribution < -0.4 is 4.74 Å². The maximum Gasteiger partial charge on any atom is 0.142 e. The first kappa shape index (κ1) is 23.8. The Labute approximate surface area is 206 Å². The summed E-state index contributed by atoms with van der Waals surface area (Å²) in [7, 11) is 1.45. The van der Waals surface area contributed by atoms with E-state index in [1.165, 1.54) is 19.2 Å². The van der Waals surface area contributed by atoms with Crippen molar-refractivity contribution in [3.8, 4) is 16.9 Å². The molecule has 0 radical (unpaired) electrons. The van der Waals surface area contributed by atoms with E-state index in [9.17, 15) is 13.9 Å². The van der Waals surface area contributed by atoms with E-state index in [-0.39, 0.29) is 22.7 Å². The van der Waals surface area contributed by atoms with Crippen LogP contribution in [0.4, 0.5) is 8.78 Å². The first-order chi connectivity index (χ1) is 16.9. The summed E-state index contributed by atoms with van der Waals surface area (Å²) in [6, 6.07) is 4.88. The van der Waals surface area contributed by atoms with Gasteiger partial charge in [0.2, 0.25) is 0 Å². The van der Waals surface area contributed by atoms with E-state index in [0.29, 0.717) is 17.0 Å². The molecule has 0 saturated heterocycles. The largest absolute Gasteiger partial charge is 0.496 e. The summed E-state index contributed by atoms with van der Waals surface area (Å²) < 4.78 is 36.2. The summed E-state index contributed by atoms with van der Waals surface area (Å²) in [6.45, 7) is 1.23. The van der Waals surface area contributed by atoms with Gasteiger partial charge < -0.3 is 14.8 Å². The number of aliphatic hydroxyl groups is 1. The molecule has 1 aliphatic carbocycles. The van der Waals surface area contributed by atoms with Crippen LogP contribution in [0.1, 0.15) is 54.5 Å². The number of pyridine rings is 1. The molecule has 0 unspecified atom stereocenters. The zero-order valence-corrected chi connectivity index (χ0v) is 20.3. The third-order valence-electron chi connectivity index (χ3n) is 7.12. The number of hydrogen-bond donors (Lipinski definition) is 2. The zero-order chi connectivity index (χ0) is 24.7. The summed E-state index contributed by atoms with van der Waals surface area (Å²) in [5.74, 6) is -1.14. The summed E-state index contributed by atoms with van der Waals surface area (Å²) in [6.07, 6.45) is 8.38. The predicted molar refractivity (Wildman–Crippen MR) is 131 cm³/mol. The number of H-pyrrole nitrogens is 1. The van der Waals surface area contributed by atoms with Crippen LogP contribution in [-0.2, 0) is 0 Å². The lowest BCUT2D eigenvalue weighted by Crippen LogP contribution is -2.22. The molecule has 1 aromatic carbocycles. The molecule has 0 amide bonds. The van der Waals surface area contributed by atoms with Gasteiger partial charge in [0, 0.05) is 46.1 Å². The van der Waals surface area contributed by atoms with Crippen LogP contribution in [0.5, 0.6) is 5.75 Å². The van der Waals surface area contributed by atoms with Crippen molar-refractivity contribution < 1.29 is 18.6 Å². The first-order valence-electron chi connectivity index (χ1n) is 11.7. The molecular weight excluding hydrogens is 474 g/mol. The second-order valence-electron chi connectivity index (χ2n) is 9.10. The van der Waals surface area contributed by atoms with Gasteiger partial charge in [0.15, 0.2) is 0 Å². The number of methoxy groups -OCH3 is 1. The molecule has 6 nitrogen and oxygen atoms in total. The number of aromatic amines is 1. The average Bonchev–Trinajstić information content (AvgIpc) is 3.46. The molecule has 1 saturated carbocycles. The molecule has 9 heteroatoms. The Morgan fingerprint density at radius 2 is 2.03 bits per heavy atom. The van der Waals surface area contributed by atoms with Crippen molar-refractivity contribution in [2.24, 2.45) is 0 Å². The van der Waals surface area contributed by atoms with Crippen LogP contribution in [0.3, 0.4) is 0 Å². The van der Waals surface area contributed by atoms with Crippen LogP contribution in [0.25, 0.3) is 22.2 Å². The van der Waals surface area contributed by atoms with Gasteiger partial charge in [-0.1, -0.05) is 11.6 Å². The lowest BCUT2D eigenvalue weighted by molar-refractivity contribution is 0.107. The number of ether oxygens (including phenoxy) is 1. The van der Waals surface area contributed by atoms with E-state index in [4.69, 9.17) is 16.3 Å². The number of nitrogens with zero attached hydrogens (tertiary/aromatic N) is 3. The van der Waals surface area contributed by atoms with Crippen LogP contribution >= 0.6 is 11.6 Å². The van der Waals surface area contributed by atoms with Crippen molar-refractivity contribution >= 4 is 22.6 Å². The van der Waals surface area contributed by atoms with Gasteiger partial charge in [0.1, 0.15) is 23.9 Å². The van der Waals surface area contributed by atoms with Gasteiger partial charge in [-0.2, -0.15) is 5.10 Å². The van der Waals surface area contributed by atoms with Crippen molar-refractivity contribution in [3.05, 3.63) is 64.5 Å². The molecule has 1 atom stereocenters. The van der Waals surface area contributed by atoms with E-state index < -0.39 is 18.4 Å². The third kappa shape index (κ3) is 4.19. The molecule has 3 aromatic heterocycles. The molecule has 1 fully saturated rings. The fourth-order valence-corrected chi connectivity index (χ4v) is 5.49. The number of fused-ring (bicyclic) bond motifs is 1. The van der Waals surface area contributed by atoms with Crippen molar-refractivity contribution in [1.82, 2.24) is 19.7 Å². The van der Waals surface area contributed by atoms with Crippen LogP contribution in [0, 0.1) is 12.7 Å². The molecule has 0 aliphatic heterocycles. The molecule has 0 bridgehead atoms. The lowest BCUT2D eigenvalue weighted by atomic mass is 9.91. The minimum absolute atomic E-state index is 0.153. The topological polar surface area (TPSA) is 76.0 Å². The average molecular weight is 501 g/mol. The van der Waals surface area contributed by atoms with Crippen LogP contribution in [0.2, 0.25) is 5.02 Å².